The summed E-state index contributed by atoms with van der Waals surface area (Å²) < 4.78 is 12.2. The molecule has 0 amide bonds. The fraction of sp³-hybridized carbons (Fsp3) is 0.400. The number of aliphatic hydroxyl groups excluding tert-OH is 1. The molecule has 0 aliphatic rings. The third kappa shape index (κ3) is 2.79. The van der Waals surface area contributed by atoms with Crippen molar-refractivity contribution in [3.63, 3.8) is 0 Å². The van der Waals surface area contributed by atoms with Crippen molar-refractivity contribution in [2.45, 2.75) is 19.2 Å². The Hall–Kier alpha value is -0.930. The van der Waals surface area contributed by atoms with Gasteiger partial charge >= 0.3 is 0 Å². The first-order valence-corrected chi connectivity index (χ1v) is 4.31. The molecule has 1 atom stereocenters. The minimum Gasteiger partial charge on any atom is -0.388 e. The van der Waals surface area contributed by atoms with E-state index in [2.05, 4.69) is 0 Å². The lowest BCUT2D eigenvalue weighted by atomic mass is 10.0. The molecule has 0 aromatic heterocycles. The average molecular weight is 183 g/mol. The van der Waals surface area contributed by atoms with E-state index in [1.807, 2.05) is 0 Å². The molecule has 13 heavy (non-hydrogen) atoms. The van der Waals surface area contributed by atoms with Crippen LogP contribution in [0.1, 0.15) is 23.7 Å². The van der Waals surface area contributed by atoms with Crippen LogP contribution in [0.5, 0.6) is 0 Å². The van der Waals surface area contributed by atoms with Gasteiger partial charge in [0.05, 0.1) is 6.10 Å². The molecule has 0 fully saturated rings. The summed E-state index contributed by atoms with van der Waals surface area (Å²) in [5.74, 6) is 0. The standard InChI is InChI=1S/C10H14FNO/c11-7-8-2-1-3-9(6-8)10(13)4-5-12/h1-3,6,10,13H,4-5,7,12H2. The monoisotopic (exact) mass is 183 g/mol. The molecule has 1 aromatic rings. The third-order valence-electron chi connectivity index (χ3n) is 1.93. The van der Waals surface area contributed by atoms with E-state index in [1.54, 1.807) is 24.3 Å². The van der Waals surface area contributed by atoms with Crippen LogP contribution in [0.4, 0.5) is 4.39 Å². The average Bonchev–Trinajstić information content (AvgIpc) is 2.18. The van der Waals surface area contributed by atoms with E-state index in [-0.39, 0.29) is 0 Å². The molecular formula is C10H14FNO. The Kier molecular flexibility index (Phi) is 3.86. The Labute approximate surface area is 77.2 Å². The van der Waals surface area contributed by atoms with Crippen molar-refractivity contribution in [1.29, 1.82) is 0 Å². The van der Waals surface area contributed by atoms with E-state index >= 15 is 0 Å². The lowest BCUT2D eigenvalue weighted by Crippen LogP contribution is -2.06. The predicted octanol–water partition coefficient (Wildman–Crippen LogP) is 1.54. The van der Waals surface area contributed by atoms with Crippen LogP contribution >= 0.6 is 0 Å². The van der Waals surface area contributed by atoms with Crippen molar-refractivity contribution in [1.82, 2.24) is 0 Å². The number of nitrogens with two attached hydrogens (primary N) is 1. The van der Waals surface area contributed by atoms with Gasteiger partial charge in [-0.25, -0.2) is 4.39 Å². The Morgan fingerprint density at radius 3 is 2.85 bits per heavy atom. The topological polar surface area (TPSA) is 46.2 Å². The molecule has 3 N–H and O–H groups in total. The Balaban J connectivity index is 2.75. The van der Waals surface area contributed by atoms with Crippen molar-refractivity contribution in [3.05, 3.63) is 35.4 Å². The summed E-state index contributed by atoms with van der Waals surface area (Å²) in [6, 6.07) is 6.88. The van der Waals surface area contributed by atoms with Crippen molar-refractivity contribution in [2.75, 3.05) is 6.54 Å². The second-order valence-corrected chi connectivity index (χ2v) is 2.97. The molecule has 3 heteroatoms. The molecule has 0 heterocycles. The van der Waals surface area contributed by atoms with Crippen LogP contribution in [-0.4, -0.2) is 11.7 Å². The highest BCUT2D eigenvalue weighted by Crippen LogP contribution is 2.17. The maximum absolute atomic E-state index is 12.2. The predicted molar refractivity (Wildman–Crippen MR) is 49.9 cm³/mol. The number of hydrogen-bond donors (Lipinski definition) is 2. The van der Waals surface area contributed by atoms with Gasteiger partial charge in [0.15, 0.2) is 0 Å². The zero-order valence-electron chi connectivity index (χ0n) is 7.41. The summed E-state index contributed by atoms with van der Waals surface area (Å²) in [6.07, 6.45) is -0.0630. The zero-order valence-corrected chi connectivity index (χ0v) is 7.41. The van der Waals surface area contributed by atoms with E-state index < -0.39 is 12.8 Å². The van der Waals surface area contributed by atoms with Gasteiger partial charge in [-0.15, -0.1) is 0 Å². The molecule has 0 saturated heterocycles. The normalized spacial score (nSPS) is 12.8. The van der Waals surface area contributed by atoms with Crippen LogP contribution in [0.25, 0.3) is 0 Å². The maximum atomic E-state index is 12.2. The number of benzene rings is 1. The summed E-state index contributed by atoms with van der Waals surface area (Å²) >= 11 is 0. The molecule has 0 bridgehead atoms. The van der Waals surface area contributed by atoms with Gasteiger partial charge in [-0.3, -0.25) is 0 Å². The second kappa shape index (κ2) is 4.94. The first-order chi connectivity index (χ1) is 6.27. The molecule has 1 unspecified atom stereocenters. The van der Waals surface area contributed by atoms with Gasteiger partial charge in [-0.2, -0.15) is 0 Å². The van der Waals surface area contributed by atoms with Gasteiger partial charge in [-0.05, 0) is 24.1 Å². The van der Waals surface area contributed by atoms with Crippen molar-refractivity contribution in [3.8, 4) is 0 Å². The second-order valence-electron chi connectivity index (χ2n) is 2.97. The summed E-state index contributed by atoms with van der Waals surface area (Å²) in [6.45, 7) is -0.0653. The first-order valence-electron chi connectivity index (χ1n) is 4.31. The van der Waals surface area contributed by atoms with Crippen LogP contribution in [-0.2, 0) is 6.67 Å². The third-order valence-corrected chi connectivity index (χ3v) is 1.93. The van der Waals surface area contributed by atoms with Gasteiger partial charge in [0.1, 0.15) is 6.67 Å². The van der Waals surface area contributed by atoms with Crippen LogP contribution in [0.15, 0.2) is 24.3 Å². The van der Waals surface area contributed by atoms with E-state index in [0.717, 1.165) is 5.56 Å². The lowest BCUT2D eigenvalue weighted by molar-refractivity contribution is 0.170. The first kappa shape index (κ1) is 10.2. The molecule has 0 spiro atoms. The van der Waals surface area contributed by atoms with E-state index in [1.165, 1.54) is 0 Å². The summed E-state index contributed by atoms with van der Waals surface area (Å²) in [4.78, 5) is 0. The van der Waals surface area contributed by atoms with Crippen LogP contribution in [0.2, 0.25) is 0 Å². The smallest absolute Gasteiger partial charge is 0.115 e. The SMILES string of the molecule is NCCC(O)c1cccc(CF)c1. The Morgan fingerprint density at radius 1 is 1.46 bits per heavy atom. The minimum absolute atomic E-state index is 0.432. The molecule has 0 saturated carbocycles. The largest absolute Gasteiger partial charge is 0.388 e. The lowest BCUT2D eigenvalue weighted by Gasteiger charge is -2.09. The number of hydrogen-bond acceptors (Lipinski definition) is 2. The number of aliphatic hydroxyl groups is 1. The molecule has 72 valence electrons. The molecule has 0 radical (unpaired) electrons. The van der Waals surface area contributed by atoms with Crippen molar-refractivity contribution in [2.24, 2.45) is 5.73 Å². The molecule has 0 aliphatic carbocycles. The van der Waals surface area contributed by atoms with Crippen molar-refractivity contribution >= 4 is 0 Å². The number of halogens is 1. The fourth-order valence-electron chi connectivity index (χ4n) is 1.21. The molecule has 2 nitrogen and oxygen atoms in total. The maximum Gasteiger partial charge on any atom is 0.115 e. The summed E-state index contributed by atoms with van der Waals surface area (Å²) in [5.41, 5.74) is 6.63. The highest BCUT2D eigenvalue weighted by atomic mass is 19.1. The summed E-state index contributed by atoms with van der Waals surface area (Å²) in [7, 11) is 0. The van der Waals surface area contributed by atoms with Gasteiger partial charge in [0.2, 0.25) is 0 Å². The number of rotatable bonds is 4. The van der Waals surface area contributed by atoms with E-state index in [4.69, 9.17) is 5.73 Å². The molecule has 1 aromatic carbocycles. The zero-order chi connectivity index (χ0) is 9.68. The van der Waals surface area contributed by atoms with E-state index in [0.29, 0.717) is 18.5 Å². The van der Waals surface area contributed by atoms with Crippen LogP contribution in [0.3, 0.4) is 0 Å². The fourth-order valence-corrected chi connectivity index (χ4v) is 1.21. The summed E-state index contributed by atoms with van der Waals surface area (Å²) in [5, 5.41) is 9.54. The molecule has 0 aliphatic heterocycles. The highest BCUT2D eigenvalue weighted by molar-refractivity contribution is 5.24. The van der Waals surface area contributed by atoms with E-state index in [9.17, 15) is 9.50 Å². The van der Waals surface area contributed by atoms with Gasteiger partial charge in [0, 0.05) is 0 Å². The minimum atomic E-state index is -0.573. The highest BCUT2D eigenvalue weighted by Gasteiger charge is 2.06. The van der Waals surface area contributed by atoms with Crippen molar-refractivity contribution < 1.29 is 9.50 Å². The number of alkyl halides is 1. The van der Waals surface area contributed by atoms with Gasteiger partial charge in [0.25, 0.3) is 0 Å². The van der Waals surface area contributed by atoms with Gasteiger partial charge < -0.3 is 10.8 Å². The van der Waals surface area contributed by atoms with Crippen LogP contribution < -0.4 is 5.73 Å². The Bertz CT molecular complexity index is 265. The quantitative estimate of drug-likeness (QED) is 0.743. The Morgan fingerprint density at radius 2 is 2.23 bits per heavy atom. The van der Waals surface area contributed by atoms with Crippen LogP contribution in [0, 0.1) is 0 Å². The molecular weight excluding hydrogens is 169 g/mol. The molecule has 1 rings (SSSR count). The van der Waals surface area contributed by atoms with Gasteiger partial charge in [-0.1, -0.05) is 24.3 Å².